The van der Waals surface area contributed by atoms with Crippen LogP contribution in [0.2, 0.25) is 0 Å². The second-order valence-electron chi connectivity index (χ2n) is 8.26. The zero-order valence-electron chi connectivity index (χ0n) is 18.1. The number of amides is 2. The number of urea groups is 1. The van der Waals surface area contributed by atoms with Gasteiger partial charge in [-0.15, -0.1) is 0 Å². The normalized spacial score (nSPS) is 20.5. The van der Waals surface area contributed by atoms with Crippen LogP contribution < -0.4 is 5.73 Å². The average molecular weight is 473 g/mol. The second-order valence-corrected chi connectivity index (χ2v) is 8.26. The van der Waals surface area contributed by atoms with Gasteiger partial charge in [-0.25, -0.2) is 4.79 Å². The number of rotatable bonds is 3. The number of benzene rings is 2. The van der Waals surface area contributed by atoms with E-state index in [4.69, 9.17) is 5.73 Å². The first kappa shape index (κ1) is 24.9. The standard InChI is InChI=1S/C23H25F6N3O/c1-14(16-11-17(22(24,25)26)13-18(12-16)23(27,28)29)31(2)21(33)32-10-6-9-19(30)20(32)15-7-4-3-5-8-15/h3-5,7-8,11-14,19-20H,6,9-10,30H2,1-2H3/t14?,19-,20+/m0/s1. The molecule has 1 saturated heterocycles. The topological polar surface area (TPSA) is 49.6 Å². The Morgan fingerprint density at radius 1 is 1.03 bits per heavy atom. The Morgan fingerprint density at radius 2 is 1.58 bits per heavy atom. The Balaban J connectivity index is 1.94. The summed E-state index contributed by atoms with van der Waals surface area (Å²) in [6, 6.07) is 8.14. The van der Waals surface area contributed by atoms with Gasteiger partial charge in [0.25, 0.3) is 0 Å². The van der Waals surface area contributed by atoms with E-state index in [1.165, 1.54) is 18.9 Å². The lowest BCUT2D eigenvalue weighted by atomic mass is 9.91. The van der Waals surface area contributed by atoms with Gasteiger partial charge in [-0.1, -0.05) is 30.3 Å². The highest BCUT2D eigenvalue weighted by molar-refractivity contribution is 5.75. The van der Waals surface area contributed by atoms with E-state index in [1.807, 2.05) is 30.3 Å². The lowest BCUT2D eigenvalue weighted by molar-refractivity contribution is -0.143. The Bertz CT molecular complexity index is 944. The Hall–Kier alpha value is -2.75. The lowest BCUT2D eigenvalue weighted by Crippen LogP contribution is -2.52. The van der Waals surface area contributed by atoms with E-state index >= 15 is 0 Å². The highest BCUT2D eigenvalue weighted by Gasteiger charge is 2.39. The summed E-state index contributed by atoms with van der Waals surface area (Å²) in [6.07, 6.45) is -8.60. The predicted molar refractivity (Wildman–Crippen MR) is 111 cm³/mol. The van der Waals surface area contributed by atoms with Crippen LogP contribution in [-0.2, 0) is 12.4 Å². The van der Waals surface area contributed by atoms with E-state index in [0.717, 1.165) is 10.5 Å². The van der Waals surface area contributed by atoms with Gasteiger partial charge in [0.05, 0.1) is 23.2 Å². The number of nitrogens with zero attached hydrogens (tertiary/aromatic N) is 2. The van der Waals surface area contributed by atoms with Crippen LogP contribution in [0, 0.1) is 0 Å². The largest absolute Gasteiger partial charge is 0.416 e. The molecule has 3 rings (SSSR count). The van der Waals surface area contributed by atoms with Gasteiger partial charge in [0.2, 0.25) is 0 Å². The van der Waals surface area contributed by atoms with Crippen LogP contribution >= 0.6 is 0 Å². The van der Waals surface area contributed by atoms with Crippen molar-refractivity contribution in [3.05, 3.63) is 70.8 Å². The summed E-state index contributed by atoms with van der Waals surface area (Å²) in [5, 5.41) is 0. The van der Waals surface area contributed by atoms with Crippen molar-refractivity contribution < 1.29 is 31.1 Å². The number of nitrogens with two attached hydrogens (primary N) is 1. The van der Waals surface area contributed by atoms with Crippen molar-refractivity contribution in [3.8, 4) is 0 Å². The quantitative estimate of drug-likeness (QED) is 0.556. The summed E-state index contributed by atoms with van der Waals surface area (Å²) in [5.74, 6) is 0. The van der Waals surface area contributed by atoms with Crippen LogP contribution in [0.4, 0.5) is 31.1 Å². The summed E-state index contributed by atoms with van der Waals surface area (Å²) in [7, 11) is 1.36. The molecule has 0 bridgehead atoms. The van der Waals surface area contributed by atoms with Gasteiger partial charge in [-0.05, 0) is 49.1 Å². The molecule has 0 spiro atoms. The third-order valence-electron chi connectivity index (χ3n) is 6.04. The molecule has 0 aliphatic carbocycles. The van der Waals surface area contributed by atoms with Crippen LogP contribution in [0.5, 0.6) is 0 Å². The lowest BCUT2D eigenvalue weighted by Gasteiger charge is -2.43. The molecule has 180 valence electrons. The van der Waals surface area contributed by atoms with E-state index in [0.29, 0.717) is 31.5 Å². The molecule has 1 heterocycles. The van der Waals surface area contributed by atoms with E-state index < -0.39 is 41.6 Å². The van der Waals surface area contributed by atoms with Gasteiger partial charge in [0.1, 0.15) is 0 Å². The molecule has 1 unspecified atom stereocenters. The summed E-state index contributed by atoms with van der Waals surface area (Å²) in [5.41, 5.74) is 4.03. The van der Waals surface area contributed by atoms with Crippen LogP contribution in [0.1, 0.15) is 54.1 Å². The highest BCUT2D eigenvalue weighted by Crippen LogP contribution is 2.39. The van der Waals surface area contributed by atoms with Gasteiger partial charge in [-0.3, -0.25) is 0 Å². The summed E-state index contributed by atoms with van der Waals surface area (Å²) in [6.45, 7) is 1.77. The van der Waals surface area contributed by atoms with Crippen molar-refractivity contribution in [1.82, 2.24) is 9.80 Å². The minimum absolute atomic E-state index is 0.0765. The third kappa shape index (κ3) is 5.43. The minimum atomic E-state index is -4.96. The fourth-order valence-electron chi connectivity index (χ4n) is 4.13. The smallest absolute Gasteiger partial charge is 0.326 e. The summed E-state index contributed by atoms with van der Waals surface area (Å²) < 4.78 is 79.6. The molecular weight excluding hydrogens is 448 g/mol. The van der Waals surface area contributed by atoms with Crippen molar-refractivity contribution in [2.45, 2.75) is 50.2 Å². The molecule has 1 aliphatic rings. The Labute approximate surface area is 188 Å². The average Bonchev–Trinajstić information content (AvgIpc) is 2.76. The van der Waals surface area contributed by atoms with Crippen molar-refractivity contribution in [2.24, 2.45) is 5.73 Å². The van der Waals surface area contributed by atoms with Crippen LogP contribution in [0.15, 0.2) is 48.5 Å². The fourth-order valence-corrected chi connectivity index (χ4v) is 4.13. The molecule has 2 N–H and O–H groups in total. The van der Waals surface area contributed by atoms with Gasteiger partial charge in [0, 0.05) is 19.6 Å². The number of alkyl halides is 6. The number of carbonyl (C=O) groups excluding carboxylic acids is 1. The zero-order chi connectivity index (χ0) is 24.6. The number of likely N-dealkylation sites (tertiary alicyclic amines) is 1. The first-order valence-corrected chi connectivity index (χ1v) is 10.4. The van der Waals surface area contributed by atoms with Crippen LogP contribution in [0.25, 0.3) is 0 Å². The van der Waals surface area contributed by atoms with Crippen LogP contribution in [0.3, 0.4) is 0 Å². The molecule has 1 fully saturated rings. The van der Waals surface area contributed by atoms with Crippen molar-refractivity contribution in [1.29, 1.82) is 0 Å². The predicted octanol–water partition coefficient (Wildman–Crippen LogP) is 6.00. The minimum Gasteiger partial charge on any atom is -0.326 e. The second kappa shape index (κ2) is 9.24. The van der Waals surface area contributed by atoms with Gasteiger partial charge < -0.3 is 15.5 Å². The molecule has 4 nitrogen and oxygen atoms in total. The van der Waals surface area contributed by atoms with E-state index in [1.54, 1.807) is 0 Å². The van der Waals surface area contributed by atoms with Gasteiger partial charge in [0.15, 0.2) is 0 Å². The molecule has 2 amide bonds. The molecule has 2 aromatic carbocycles. The maximum Gasteiger partial charge on any atom is 0.416 e. The zero-order valence-corrected chi connectivity index (χ0v) is 18.1. The highest BCUT2D eigenvalue weighted by atomic mass is 19.4. The molecule has 0 saturated carbocycles. The molecule has 0 aromatic heterocycles. The molecule has 2 aromatic rings. The summed E-state index contributed by atoms with van der Waals surface area (Å²) in [4.78, 5) is 16.1. The maximum absolute atomic E-state index is 13.4. The van der Waals surface area contributed by atoms with Crippen molar-refractivity contribution >= 4 is 6.03 Å². The fraction of sp³-hybridized carbons (Fsp3) is 0.435. The molecule has 3 atom stereocenters. The third-order valence-corrected chi connectivity index (χ3v) is 6.04. The molecule has 10 heteroatoms. The van der Waals surface area contributed by atoms with E-state index in [-0.39, 0.29) is 17.7 Å². The number of hydrogen-bond acceptors (Lipinski definition) is 2. The van der Waals surface area contributed by atoms with Crippen molar-refractivity contribution in [2.75, 3.05) is 13.6 Å². The number of carbonyl (C=O) groups is 1. The van der Waals surface area contributed by atoms with Gasteiger partial charge in [-0.2, -0.15) is 26.3 Å². The van der Waals surface area contributed by atoms with E-state index in [2.05, 4.69) is 0 Å². The number of piperidine rings is 1. The molecule has 0 radical (unpaired) electrons. The summed E-state index contributed by atoms with van der Waals surface area (Å²) >= 11 is 0. The maximum atomic E-state index is 13.4. The first-order valence-electron chi connectivity index (χ1n) is 10.4. The first-order chi connectivity index (χ1) is 15.3. The molecular formula is C23H25F6N3O. The van der Waals surface area contributed by atoms with Gasteiger partial charge >= 0.3 is 18.4 Å². The Morgan fingerprint density at radius 3 is 2.09 bits per heavy atom. The SMILES string of the molecule is CC(c1cc(C(F)(F)F)cc(C(F)(F)F)c1)N(C)C(=O)N1CCC[C@H](N)[C@H]1c1ccccc1. The van der Waals surface area contributed by atoms with Crippen LogP contribution in [-0.4, -0.2) is 35.5 Å². The monoisotopic (exact) mass is 473 g/mol. The van der Waals surface area contributed by atoms with E-state index in [9.17, 15) is 31.1 Å². The molecule has 33 heavy (non-hydrogen) atoms. The number of halogens is 6. The molecule has 1 aliphatic heterocycles. The Kier molecular flexibility index (Phi) is 6.97. The number of hydrogen-bond donors (Lipinski definition) is 1. The van der Waals surface area contributed by atoms with Crippen molar-refractivity contribution in [3.63, 3.8) is 0 Å².